The van der Waals surface area contributed by atoms with Gasteiger partial charge in [-0.3, -0.25) is 0 Å². The van der Waals surface area contributed by atoms with Crippen LogP contribution in [-0.4, -0.2) is 13.2 Å². The molecule has 0 aliphatic carbocycles. The molecule has 2 nitrogen and oxygen atoms in total. The van der Waals surface area contributed by atoms with Crippen molar-refractivity contribution in [2.24, 2.45) is 0 Å². The summed E-state index contributed by atoms with van der Waals surface area (Å²) in [6.45, 7) is 8.62. The van der Waals surface area contributed by atoms with Gasteiger partial charge in [-0.25, -0.2) is 0 Å². The Bertz CT molecular complexity index is 345. The summed E-state index contributed by atoms with van der Waals surface area (Å²) < 4.78 is 6.08. The van der Waals surface area contributed by atoms with E-state index in [-0.39, 0.29) is 0 Å². The van der Waals surface area contributed by atoms with E-state index in [1.54, 1.807) is 0 Å². The van der Waals surface area contributed by atoms with Crippen molar-refractivity contribution in [3.8, 4) is 5.75 Å². The van der Waals surface area contributed by atoms with E-state index in [0.29, 0.717) is 12.1 Å². The van der Waals surface area contributed by atoms with Crippen LogP contribution in [0.25, 0.3) is 0 Å². The molecule has 96 valence electrons. The van der Waals surface area contributed by atoms with E-state index in [0.717, 1.165) is 18.6 Å². The van der Waals surface area contributed by atoms with E-state index in [9.17, 15) is 0 Å². The minimum absolute atomic E-state index is 0.319. The van der Waals surface area contributed by atoms with Crippen molar-refractivity contribution in [1.82, 2.24) is 5.32 Å². The molecule has 2 heteroatoms. The normalized spacial score (nSPS) is 12.8. The maximum absolute atomic E-state index is 6.08. The van der Waals surface area contributed by atoms with Crippen LogP contribution in [0.1, 0.15) is 50.8 Å². The maximum Gasteiger partial charge on any atom is 0.124 e. The van der Waals surface area contributed by atoms with E-state index in [4.69, 9.17) is 4.74 Å². The highest BCUT2D eigenvalue weighted by atomic mass is 16.5. The monoisotopic (exact) mass is 235 g/mol. The molecular formula is C15H25NO. The number of rotatable bonds is 6. The lowest BCUT2D eigenvalue weighted by atomic mass is 10.0. The minimum Gasteiger partial charge on any atom is -0.490 e. The predicted molar refractivity (Wildman–Crippen MR) is 73.7 cm³/mol. The summed E-state index contributed by atoms with van der Waals surface area (Å²) >= 11 is 0. The van der Waals surface area contributed by atoms with Gasteiger partial charge in [0.05, 0.1) is 6.10 Å². The zero-order chi connectivity index (χ0) is 12.8. The van der Waals surface area contributed by atoms with Crippen LogP contribution in [0, 0.1) is 6.92 Å². The van der Waals surface area contributed by atoms with Crippen LogP contribution in [0.5, 0.6) is 5.75 Å². The Morgan fingerprint density at radius 3 is 2.41 bits per heavy atom. The molecule has 0 aliphatic rings. The van der Waals surface area contributed by atoms with Crippen molar-refractivity contribution in [2.75, 3.05) is 7.05 Å². The van der Waals surface area contributed by atoms with Crippen LogP contribution in [-0.2, 0) is 0 Å². The summed E-state index contributed by atoms with van der Waals surface area (Å²) in [6, 6.07) is 6.73. The fourth-order valence-corrected chi connectivity index (χ4v) is 1.90. The molecule has 1 atom stereocenters. The molecule has 0 aromatic heterocycles. The average molecular weight is 235 g/mol. The van der Waals surface area contributed by atoms with Gasteiger partial charge in [0.2, 0.25) is 0 Å². The molecule has 0 fully saturated rings. The number of hydrogen-bond donors (Lipinski definition) is 1. The summed E-state index contributed by atoms with van der Waals surface area (Å²) in [5.41, 5.74) is 2.53. The molecule has 1 aromatic rings. The molecule has 17 heavy (non-hydrogen) atoms. The summed E-state index contributed by atoms with van der Waals surface area (Å²) in [5, 5.41) is 3.28. The first kappa shape index (κ1) is 14.0. The molecule has 0 spiro atoms. The van der Waals surface area contributed by atoms with Crippen molar-refractivity contribution in [3.63, 3.8) is 0 Å². The third-order valence-electron chi connectivity index (χ3n) is 3.27. The number of nitrogens with one attached hydrogen (secondary N) is 1. The highest BCUT2D eigenvalue weighted by Gasteiger charge is 2.13. The van der Waals surface area contributed by atoms with Gasteiger partial charge in [0.15, 0.2) is 0 Å². The molecule has 1 rings (SSSR count). The van der Waals surface area contributed by atoms with Crippen molar-refractivity contribution in [3.05, 3.63) is 29.3 Å². The van der Waals surface area contributed by atoms with Gasteiger partial charge in [-0.1, -0.05) is 31.5 Å². The zero-order valence-corrected chi connectivity index (χ0v) is 11.7. The lowest BCUT2D eigenvalue weighted by Gasteiger charge is -2.21. The van der Waals surface area contributed by atoms with Gasteiger partial charge in [-0.15, -0.1) is 0 Å². The predicted octanol–water partition coefficient (Wildman–Crippen LogP) is 3.84. The summed E-state index contributed by atoms with van der Waals surface area (Å²) in [5.74, 6) is 1.02. The molecule has 0 bridgehead atoms. The van der Waals surface area contributed by atoms with Gasteiger partial charge >= 0.3 is 0 Å². The van der Waals surface area contributed by atoms with Crippen LogP contribution < -0.4 is 10.1 Å². The molecular weight excluding hydrogens is 210 g/mol. The largest absolute Gasteiger partial charge is 0.490 e. The molecule has 0 aliphatic heterocycles. The number of benzene rings is 1. The van der Waals surface area contributed by atoms with Crippen LogP contribution in [0.3, 0.4) is 0 Å². The summed E-state index contributed by atoms with van der Waals surface area (Å²) in [4.78, 5) is 0. The lowest BCUT2D eigenvalue weighted by molar-refractivity contribution is 0.190. The second-order valence-corrected chi connectivity index (χ2v) is 4.61. The Morgan fingerprint density at radius 2 is 1.88 bits per heavy atom. The van der Waals surface area contributed by atoms with Gasteiger partial charge in [-0.05, 0) is 39.8 Å². The fraction of sp³-hybridized carbons (Fsp3) is 0.600. The van der Waals surface area contributed by atoms with Crippen molar-refractivity contribution in [1.29, 1.82) is 0 Å². The summed E-state index contributed by atoms with van der Waals surface area (Å²) in [6.07, 6.45) is 2.43. The van der Waals surface area contributed by atoms with E-state index < -0.39 is 0 Å². The highest BCUT2D eigenvalue weighted by Crippen LogP contribution is 2.27. The fourth-order valence-electron chi connectivity index (χ4n) is 1.90. The van der Waals surface area contributed by atoms with Gasteiger partial charge in [0.25, 0.3) is 0 Å². The number of ether oxygens (including phenoxy) is 1. The standard InChI is InChI=1S/C15H25NO/c1-6-13(7-2)17-15-9-8-11(3)10-14(15)12(4)16-5/h8-10,12-13,16H,6-7H2,1-5H3. The SMILES string of the molecule is CCC(CC)Oc1ccc(C)cc1C(C)NC. The Kier molecular flexibility index (Phi) is 5.49. The van der Waals surface area contributed by atoms with E-state index in [1.165, 1.54) is 11.1 Å². The molecule has 1 N–H and O–H groups in total. The lowest BCUT2D eigenvalue weighted by Crippen LogP contribution is -2.18. The highest BCUT2D eigenvalue weighted by molar-refractivity contribution is 5.39. The van der Waals surface area contributed by atoms with Crippen LogP contribution in [0.2, 0.25) is 0 Å². The second kappa shape index (κ2) is 6.65. The van der Waals surface area contributed by atoms with E-state index in [1.807, 2.05) is 7.05 Å². The van der Waals surface area contributed by atoms with E-state index in [2.05, 4.69) is 51.2 Å². The quantitative estimate of drug-likeness (QED) is 0.809. The second-order valence-electron chi connectivity index (χ2n) is 4.61. The summed E-state index contributed by atoms with van der Waals surface area (Å²) in [7, 11) is 1.98. The van der Waals surface area contributed by atoms with Gasteiger partial charge in [0, 0.05) is 11.6 Å². The smallest absolute Gasteiger partial charge is 0.124 e. The molecule has 0 saturated carbocycles. The zero-order valence-electron chi connectivity index (χ0n) is 11.7. The van der Waals surface area contributed by atoms with Gasteiger partial charge < -0.3 is 10.1 Å². The Balaban J connectivity index is 2.97. The average Bonchev–Trinajstić information content (AvgIpc) is 2.36. The molecule has 1 aromatic carbocycles. The number of aryl methyl sites for hydroxylation is 1. The first-order chi connectivity index (χ1) is 8.12. The van der Waals surface area contributed by atoms with Gasteiger partial charge in [-0.2, -0.15) is 0 Å². The number of hydrogen-bond acceptors (Lipinski definition) is 2. The molecule has 0 saturated heterocycles. The first-order valence-electron chi connectivity index (χ1n) is 6.56. The minimum atomic E-state index is 0.319. The van der Waals surface area contributed by atoms with Crippen molar-refractivity contribution in [2.45, 2.75) is 52.7 Å². The molecule has 0 amide bonds. The molecule has 0 heterocycles. The van der Waals surface area contributed by atoms with Gasteiger partial charge in [0.1, 0.15) is 5.75 Å². The third kappa shape index (κ3) is 3.74. The van der Waals surface area contributed by atoms with Crippen LogP contribution >= 0.6 is 0 Å². The Morgan fingerprint density at radius 1 is 1.24 bits per heavy atom. The first-order valence-corrected chi connectivity index (χ1v) is 6.56. The Labute approximate surface area is 105 Å². The Hall–Kier alpha value is -1.02. The van der Waals surface area contributed by atoms with Crippen LogP contribution in [0.4, 0.5) is 0 Å². The maximum atomic E-state index is 6.08. The molecule has 0 radical (unpaired) electrons. The van der Waals surface area contributed by atoms with Crippen LogP contribution in [0.15, 0.2) is 18.2 Å². The topological polar surface area (TPSA) is 21.3 Å². The van der Waals surface area contributed by atoms with Crippen molar-refractivity contribution < 1.29 is 4.74 Å². The van der Waals surface area contributed by atoms with E-state index >= 15 is 0 Å². The third-order valence-corrected chi connectivity index (χ3v) is 3.27. The van der Waals surface area contributed by atoms with Crippen molar-refractivity contribution >= 4 is 0 Å². The molecule has 1 unspecified atom stereocenters.